The van der Waals surface area contributed by atoms with Gasteiger partial charge in [0.25, 0.3) is 0 Å². The van der Waals surface area contributed by atoms with Gasteiger partial charge in [0.05, 0.1) is 0 Å². The van der Waals surface area contributed by atoms with Crippen LogP contribution < -0.4 is 5.32 Å². The normalized spacial score (nSPS) is 30.2. The van der Waals surface area contributed by atoms with E-state index in [9.17, 15) is 14.4 Å². The van der Waals surface area contributed by atoms with E-state index in [1.807, 2.05) is 13.8 Å². The van der Waals surface area contributed by atoms with Crippen molar-refractivity contribution in [3.63, 3.8) is 0 Å². The van der Waals surface area contributed by atoms with Gasteiger partial charge in [-0.15, -0.1) is 0 Å². The summed E-state index contributed by atoms with van der Waals surface area (Å²) in [6, 6.07) is -0.377. The summed E-state index contributed by atoms with van der Waals surface area (Å²) in [5, 5.41) is 3.85. The van der Waals surface area contributed by atoms with Gasteiger partial charge in [-0.1, -0.05) is 11.8 Å². The summed E-state index contributed by atoms with van der Waals surface area (Å²) >= 11 is 1.36. The number of esters is 3. The zero-order valence-electron chi connectivity index (χ0n) is 15.4. The standard InChI is InChI=1S/C16H24N2O7S/c1-7(2)17-16-18-12-14(24-10(5)21)13(23-9(4)20)11(6-22-8(3)19)25-15(12)26-16/h7,11-15H,6H2,1-5H3,(H,17,18)/t11-,12?,13-,14-,15?/m1/s1. The molecule has 2 aliphatic heterocycles. The Labute approximate surface area is 156 Å². The van der Waals surface area contributed by atoms with E-state index in [1.165, 1.54) is 32.5 Å². The van der Waals surface area contributed by atoms with Crippen molar-refractivity contribution < 1.29 is 33.3 Å². The lowest BCUT2D eigenvalue weighted by atomic mass is 9.98. The molecular formula is C16H24N2O7S. The van der Waals surface area contributed by atoms with Crippen molar-refractivity contribution in [3.05, 3.63) is 0 Å². The Morgan fingerprint density at radius 3 is 2.27 bits per heavy atom. The quantitative estimate of drug-likeness (QED) is 0.534. The summed E-state index contributed by atoms with van der Waals surface area (Å²) in [5.74, 6) is -1.57. The molecule has 0 aromatic rings. The van der Waals surface area contributed by atoms with Gasteiger partial charge in [-0.3, -0.25) is 19.4 Å². The number of fused-ring (bicyclic) bond motifs is 1. The Morgan fingerprint density at radius 2 is 1.73 bits per heavy atom. The molecule has 0 aromatic heterocycles. The van der Waals surface area contributed by atoms with Crippen LogP contribution in [-0.2, 0) is 33.3 Å². The van der Waals surface area contributed by atoms with Crippen LogP contribution in [0.4, 0.5) is 0 Å². The first-order valence-electron chi connectivity index (χ1n) is 8.31. The molecule has 0 bridgehead atoms. The van der Waals surface area contributed by atoms with Crippen LogP contribution in [0, 0.1) is 0 Å². The molecule has 26 heavy (non-hydrogen) atoms. The number of hydrogen-bond acceptors (Lipinski definition) is 10. The third kappa shape index (κ3) is 5.34. The van der Waals surface area contributed by atoms with E-state index in [0.717, 1.165) is 0 Å². The minimum atomic E-state index is -0.931. The summed E-state index contributed by atoms with van der Waals surface area (Å²) in [5.41, 5.74) is -0.451. The number of carbonyl (C=O) groups is 3. The monoisotopic (exact) mass is 388 g/mol. The van der Waals surface area contributed by atoms with Gasteiger partial charge in [0.1, 0.15) is 24.2 Å². The van der Waals surface area contributed by atoms with Crippen LogP contribution >= 0.6 is 11.8 Å². The predicted molar refractivity (Wildman–Crippen MR) is 93.5 cm³/mol. The summed E-state index contributed by atoms with van der Waals surface area (Å²) < 4.78 is 21.8. The molecular weight excluding hydrogens is 364 g/mol. The molecule has 0 aliphatic carbocycles. The first kappa shape index (κ1) is 20.5. The number of hydrogen-bond donors (Lipinski definition) is 1. The fourth-order valence-electron chi connectivity index (χ4n) is 2.71. The first-order valence-corrected chi connectivity index (χ1v) is 9.19. The fourth-order valence-corrected chi connectivity index (χ4v) is 3.97. The van der Waals surface area contributed by atoms with Gasteiger partial charge < -0.3 is 24.3 Å². The lowest BCUT2D eigenvalue weighted by molar-refractivity contribution is -0.208. The van der Waals surface area contributed by atoms with Crippen molar-refractivity contribution in [2.24, 2.45) is 4.99 Å². The highest BCUT2D eigenvalue weighted by Gasteiger charge is 2.53. The zero-order chi connectivity index (χ0) is 19.4. The predicted octanol–water partition coefficient (Wildman–Crippen LogP) is 0.607. The smallest absolute Gasteiger partial charge is 0.303 e. The summed E-state index contributed by atoms with van der Waals surface area (Å²) in [6.07, 6.45) is -2.54. The van der Waals surface area contributed by atoms with Gasteiger partial charge in [-0.05, 0) is 13.8 Å². The van der Waals surface area contributed by atoms with Crippen molar-refractivity contribution in [2.75, 3.05) is 6.61 Å². The molecule has 2 heterocycles. The highest BCUT2D eigenvalue weighted by Crippen LogP contribution is 2.38. The molecule has 2 unspecified atom stereocenters. The number of aliphatic imine (C=N–C) groups is 1. The maximum atomic E-state index is 11.6. The fraction of sp³-hybridized carbons (Fsp3) is 0.750. The van der Waals surface area contributed by atoms with Crippen molar-refractivity contribution in [2.45, 2.75) is 70.5 Å². The van der Waals surface area contributed by atoms with Crippen LogP contribution in [0.3, 0.4) is 0 Å². The Bertz CT molecular complexity index is 595. The van der Waals surface area contributed by atoms with Gasteiger partial charge in [-0.25, -0.2) is 0 Å². The van der Waals surface area contributed by atoms with E-state index in [0.29, 0.717) is 5.17 Å². The van der Waals surface area contributed by atoms with Crippen molar-refractivity contribution in [1.82, 2.24) is 5.32 Å². The van der Waals surface area contributed by atoms with E-state index in [2.05, 4.69) is 10.3 Å². The molecule has 0 amide bonds. The lowest BCUT2D eigenvalue weighted by Crippen LogP contribution is -2.59. The molecule has 10 heteroatoms. The van der Waals surface area contributed by atoms with Gasteiger partial charge >= 0.3 is 17.9 Å². The SMILES string of the molecule is CC(=O)OC[C@H]1OC2SC(NC(C)C)=NC2[C@@H](OC(C)=O)[C@@H]1OC(C)=O. The molecule has 146 valence electrons. The molecule has 0 saturated carbocycles. The van der Waals surface area contributed by atoms with Gasteiger partial charge in [0, 0.05) is 26.8 Å². The van der Waals surface area contributed by atoms with Crippen molar-refractivity contribution >= 4 is 34.8 Å². The average molecular weight is 388 g/mol. The van der Waals surface area contributed by atoms with Crippen LogP contribution in [-0.4, -0.2) is 65.5 Å². The van der Waals surface area contributed by atoms with E-state index in [-0.39, 0.29) is 12.6 Å². The number of nitrogens with one attached hydrogen (secondary N) is 1. The second-order valence-electron chi connectivity index (χ2n) is 6.34. The zero-order valence-corrected chi connectivity index (χ0v) is 16.2. The lowest BCUT2D eigenvalue weighted by Gasteiger charge is -2.41. The van der Waals surface area contributed by atoms with Crippen LogP contribution in [0.5, 0.6) is 0 Å². The Morgan fingerprint density at radius 1 is 1.12 bits per heavy atom. The molecule has 1 N–H and O–H groups in total. The van der Waals surface area contributed by atoms with Crippen LogP contribution in [0.25, 0.3) is 0 Å². The molecule has 1 saturated heterocycles. The average Bonchev–Trinajstić information content (AvgIpc) is 2.88. The maximum Gasteiger partial charge on any atom is 0.303 e. The summed E-state index contributed by atoms with van der Waals surface area (Å²) in [6.45, 7) is 7.62. The van der Waals surface area contributed by atoms with Crippen LogP contribution in [0.15, 0.2) is 4.99 Å². The minimum Gasteiger partial charge on any atom is -0.463 e. The highest BCUT2D eigenvalue weighted by atomic mass is 32.2. The number of ether oxygens (including phenoxy) is 4. The highest BCUT2D eigenvalue weighted by molar-refractivity contribution is 8.14. The number of amidine groups is 1. The van der Waals surface area contributed by atoms with E-state index < -0.39 is 47.7 Å². The van der Waals surface area contributed by atoms with Crippen LogP contribution in [0.1, 0.15) is 34.6 Å². The molecule has 2 aliphatic rings. The number of rotatable bonds is 5. The maximum absolute atomic E-state index is 11.6. The molecule has 1 fully saturated rings. The summed E-state index contributed by atoms with van der Waals surface area (Å²) in [7, 11) is 0. The number of nitrogens with zero attached hydrogens (tertiary/aromatic N) is 1. The second kappa shape index (κ2) is 8.72. The van der Waals surface area contributed by atoms with Gasteiger partial charge in [-0.2, -0.15) is 0 Å². The van der Waals surface area contributed by atoms with E-state index in [4.69, 9.17) is 18.9 Å². The third-order valence-corrected chi connectivity index (χ3v) is 4.64. The molecule has 5 atom stereocenters. The third-order valence-electron chi connectivity index (χ3n) is 3.58. The molecule has 0 aromatic carbocycles. The van der Waals surface area contributed by atoms with E-state index in [1.54, 1.807) is 0 Å². The topological polar surface area (TPSA) is 113 Å². The van der Waals surface area contributed by atoms with E-state index >= 15 is 0 Å². The van der Waals surface area contributed by atoms with Crippen molar-refractivity contribution in [3.8, 4) is 0 Å². The largest absolute Gasteiger partial charge is 0.463 e. The molecule has 9 nitrogen and oxygen atoms in total. The molecule has 2 rings (SSSR count). The summed E-state index contributed by atoms with van der Waals surface area (Å²) in [4.78, 5) is 38.9. The number of carbonyl (C=O) groups excluding carboxylic acids is 3. The molecule has 0 radical (unpaired) electrons. The van der Waals surface area contributed by atoms with Gasteiger partial charge in [0.2, 0.25) is 0 Å². The molecule has 0 spiro atoms. The van der Waals surface area contributed by atoms with Gasteiger partial charge in [0.15, 0.2) is 17.4 Å². The van der Waals surface area contributed by atoms with Crippen molar-refractivity contribution in [1.29, 1.82) is 0 Å². The minimum absolute atomic E-state index is 0.123. The van der Waals surface area contributed by atoms with Crippen LogP contribution in [0.2, 0.25) is 0 Å². The first-order chi connectivity index (χ1) is 12.2. The second-order valence-corrected chi connectivity index (χ2v) is 7.42. The Hall–Kier alpha value is -1.81. The Balaban J connectivity index is 2.27. The number of thioether (sulfide) groups is 1. The Kier molecular flexibility index (Phi) is 6.87.